The third-order valence-corrected chi connectivity index (χ3v) is 4.26. The summed E-state index contributed by atoms with van der Waals surface area (Å²) in [7, 11) is 0. The number of carbonyl (C=O) groups excluding carboxylic acids is 1. The Balaban J connectivity index is 1.84. The van der Waals surface area contributed by atoms with Crippen molar-refractivity contribution in [3.63, 3.8) is 0 Å². The molecule has 2 heterocycles. The van der Waals surface area contributed by atoms with Crippen LogP contribution in [0.5, 0.6) is 5.75 Å². The summed E-state index contributed by atoms with van der Waals surface area (Å²) >= 11 is 0. The first-order valence-electron chi connectivity index (χ1n) is 7.36. The van der Waals surface area contributed by atoms with Crippen molar-refractivity contribution >= 4 is 5.91 Å². The fourth-order valence-corrected chi connectivity index (χ4v) is 2.74. The minimum Gasteiger partial charge on any atom is -0.504 e. The van der Waals surface area contributed by atoms with Gasteiger partial charge in [0.1, 0.15) is 0 Å². The van der Waals surface area contributed by atoms with Crippen LogP contribution in [0.4, 0.5) is 0 Å². The molecule has 1 atom stereocenters. The first kappa shape index (κ1) is 14.6. The van der Waals surface area contributed by atoms with Crippen LogP contribution in [0.3, 0.4) is 0 Å². The van der Waals surface area contributed by atoms with E-state index < -0.39 is 0 Å². The van der Waals surface area contributed by atoms with Gasteiger partial charge in [0, 0.05) is 13.1 Å². The van der Waals surface area contributed by atoms with Crippen molar-refractivity contribution in [1.82, 2.24) is 14.7 Å². The second-order valence-corrected chi connectivity index (χ2v) is 6.13. The smallest absolute Gasteiger partial charge is 0.278 e. The Bertz CT molecular complexity index is 683. The van der Waals surface area contributed by atoms with Crippen LogP contribution >= 0.6 is 0 Å². The van der Waals surface area contributed by atoms with Crippen LogP contribution in [0.15, 0.2) is 36.5 Å². The summed E-state index contributed by atoms with van der Waals surface area (Å²) in [5.41, 5.74) is 6.61. The largest absolute Gasteiger partial charge is 0.504 e. The third kappa shape index (κ3) is 2.57. The molecular formula is C16H20N4O2. The van der Waals surface area contributed by atoms with Crippen LogP contribution in [0.2, 0.25) is 0 Å². The Morgan fingerprint density at radius 3 is 2.77 bits per heavy atom. The summed E-state index contributed by atoms with van der Waals surface area (Å²) in [6.07, 6.45) is 2.33. The Labute approximate surface area is 129 Å². The van der Waals surface area contributed by atoms with E-state index in [1.54, 1.807) is 4.90 Å². The van der Waals surface area contributed by atoms with Gasteiger partial charge in [-0.25, -0.2) is 4.68 Å². The highest BCUT2D eigenvalue weighted by atomic mass is 16.3. The molecule has 6 nitrogen and oxygen atoms in total. The van der Waals surface area contributed by atoms with E-state index in [0.29, 0.717) is 19.6 Å². The Morgan fingerprint density at radius 2 is 2.14 bits per heavy atom. The number of hydrogen-bond acceptors (Lipinski definition) is 4. The summed E-state index contributed by atoms with van der Waals surface area (Å²) in [5.74, 6) is -0.348. The van der Waals surface area contributed by atoms with E-state index >= 15 is 0 Å². The van der Waals surface area contributed by atoms with Gasteiger partial charge in [0.2, 0.25) is 0 Å². The van der Waals surface area contributed by atoms with Crippen molar-refractivity contribution < 1.29 is 9.90 Å². The molecule has 22 heavy (non-hydrogen) atoms. The predicted molar refractivity (Wildman–Crippen MR) is 82.9 cm³/mol. The highest BCUT2D eigenvalue weighted by Crippen LogP contribution is 2.30. The topological polar surface area (TPSA) is 84.4 Å². The van der Waals surface area contributed by atoms with E-state index in [4.69, 9.17) is 5.73 Å². The molecule has 6 heteroatoms. The van der Waals surface area contributed by atoms with Crippen molar-refractivity contribution in [2.24, 2.45) is 11.1 Å². The molecule has 1 aromatic heterocycles. The van der Waals surface area contributed by atoms with E-state index in [-0.39, 0.29) is 22.8 Å². The van der Waals surface area contributed by atoms with Crippen LogP contribution in [0, 0.1) is 5.41 Å². The number of aromatic nitrogens is 2. The SMILES string of the molecule is CC1(CN)CCN(C(=O)c2nn(-c3ccccc3)cc2O)C1. The van der Waals surface area contributed by atoms with Crippen molar-refractivity contribution in [1.29, 1.82) is 0 Å². The zero-order valence-corrected chi connectivity index (χ0v) is 12.6. The molecule has 2 aromatic rings. The van der Waals surface area contributed by atoms with Gasteiger partial charge in [-0.1, -0.05) is 25.1 Å². The molecule has 1 amide bonds. The van der Waals surface area contributed by atoms with Crippen LogP contribution in [-0.4, -0.2) is 45.3 Å². The van der Waals surface area contributed by atoms with Crippen molar-refractivity contribution in [2.45, 2.75) is 13.3 Å². The standard InChI is InChI=1S/C16H20N4O2/c1-16(10-17)7-8-19(11-16)15(22)14-13(21)9-20(18-14)12-5-3-2-4-6-12/h2-6,9,21H,7-8,10-11,17H2,1H3. The molecule has 3 rings (SSSR count). The quantitative estimate of drug-likeness (QED) is 0.897. The van der Waals surface area contributed by atoms with Gasteiger partial charge in [-0.05, 0) is 30.5 Å². The van der Waals surface area contributed by atoms with E-state index in [0.717, 1.165) is 12.1 Å². The van der Waals surface area contributed by atoms with Gasteiger partial charge in [0.05, 0.1) is 11.9 Å². The highest BCUT2D eigenvalue weighted by Gasteiger charge is 2.36. The summed E-state index contributed by atoms with van der Waals surface area (Å²) in [6, 6.07) is 9.38. The first-order valence-corrected chi connectivity index (χ1v) is 7.36. The van der Waals surface area contributed by atoms with Gasteiger partial charge in [-0.3, -0.25) is 4.79 Å². The minimum atomic E-state index is -0.246. The first-order chi connectivity index (χ1) is 10.5. The highest BCUT2D eigenvalue weighted by molar-refractivity contribution is 5.95. The molecule has 116 valence electrons. The van der Waals surface area contributed by atoms with Crippen LogP contribution in [0.1, 0.15) is 23.8 Å². The molecule has 1 saturated heterocycles. The third-order valence-electron chi connectivity index (χ3n) is 4.26. The van der Waals surface area contributed by atoms with Crippen molar-refractivity contribution in [2.75, 3.05) is 19.6 Å². The maximum atomic E-state index is 12.6. The van der Waals surface area contributed by atoms with Crippen LogP contribution < -0.4 is 5.73 Å². The van der Waals surface area contributed by atoms with Crippen molar-refractivity contribution in [3.05, 3.63) is 42.2 Å². The minimum absolute atomic E-state index is 0.0483. The number of nitrogens with zero attached hydrogens (tertiary/aromatic N) is 3. The summed E-state index contributed by atoms with van der Waals surface area (Å²) < 4.78 is 1.51. The summed E-state index contributed by atoms with van der Waals surface area (Å²) in [4.78, 5) is 14.3. The van der Waals surface area contributed by atoms with E-state index in [1.165, 1.54) is 10.9 Å². The molecule has 1 unspecified atom stereocenters. The lowest BCUT2D eigenvalue weighted by molar-refractivity contribution is 0.0767. The van der Waals surface area contributed by atoms with Gasteiger partial charge in [0.15, 0.2) is 11.4 Å². The molecule has 0 bridgehead atoms. The molecule has 0 saturated carbocycles. The number of hydrogen-bond donors (Lipinski definition) is 2. The number of likely N-dealkylation sites (tertiary alicyclic amines) is 1. The van der Waals surface area contributed by atoms with Gasteiger partial charge in [-0.15, -0.1) is 0 Å². The van der Waals surface area contributed by atoms with E-state index in [2.05, 4.69) is 12.0 Å². The number of carbonyl (C=O) groups is 1. The average Bonchev–Trinajstić information content (AvgIpc) is 3.12. The molecule has 0 spiro atoms. The second kappa shape index (κ2) is 5.46. The molecule has 1 fully saturated rings. The molecule has 3 N–H and O–H groups in total. The lowest BCUT2D eigenvalue weighted by atomic mass is 9.90. The molecule has 1 aliphatic heterocycles. The van der Waals surface area contributed by atoms with Gasteiger partial charge in [-0.2, -0.15) is 5.10 Å². The second-order valence-electron chi connectivity index (χ2n) is 6.13. The maximum Gasteiger partial charge on any atom is 0.278 e. The maximum absolute atomic E-state index is 12.6. The Kier molecular flexibility index (Phi) is 3.62. The predicted octanol–water partition coefficient (Wildman–Crippen LogP) is 1.39. The van der Waals surface area contributed by atoms with Gasteiger partial charge < -0.3 is 15.7 Å². The lowest BCUT2D eigenvalue weighted by Crippen LogP contribution is -2.34. The summed E-state index contributed by atoms with van der Waals surface area (Å²) in [5, 5.41) is 14.3. The fourth-order valence-electron chi connectivity index (χ4n) is 2.74. The molecular weight excluding hydrogens is 280 g/mol. The zero-order valence-electron chi connectivity index (χ0n) is 12.6. The number of amides is 1. The molecule has 0 radical (unpaired) electrons. The number of benzene rings is 1. The summed E-state index contributed by atoms with van der Waals surface area (Å²) in [6.45, 7) is 3.86. The Morgan fingerprint density at radius 1 is 1.41 bits per heavy atom. The van der Waals surface area contributed by atoms with Gasteiger partial charge in [0.25, 0.3) is 5.91 Å². The van der Waals surface area contributed by atoms with E-state index in [9.17, 15) is 9.90 Å². The zero-order chi connectivity index (χ0) is 15.7. The lowest BCUT2D eigenvalue weighted by Gasteiger charge is -2.22. The van der Waals surface area contributed by atoms with Crippen LogP contribution in [-0.2, 0) is 0 Å². The van der Waals surface area contributed by atoms with Crippen molar-refractivity contribution in [3.8, 4) is 11.4 Å². The fraction of sp³-hybridized carbons (Fsp3) is 0.375. The monoisotopic (exact) mass is 300 g/mol. The molecule has 1 aromatic carbocycles. The normalized spacial score (nSPS) is 21.3. The average molecular weight is 300 g/mol. The van der Waals surface area contributed by atoms with Gasteiger partial charge >= 0.3 is 0 Å². The number of rotatable bonds is 3. The molecule has 0 aliphatic carbocycles. The molecule has 1 aliphatic rings. The van der Waals surface area contributed by atoms with Crippen LogP contribution in [0.25, 0.3) is 5.69 Å². The number of para-hydroxylation sites is 1. The number of nitrogens with two attached hydrogens (primary N) is 1. The Hall–Kier alpha value is -2.34. The number of aromatic hydroxyl groups is 1. The van der Waals surface area contributed by atoms with E-state index in [1.807, 2.05) is 30.3 Å².